The minimum absolute atomic E-state index is 0.532. The van der Waals surface area contributed by atoms with Crippen molar-refractivity contribution in [2.75, 3.05) is 5.73 Å². The van der Waals surface area contributed by atoms with Gasteiger partial charge in [0.1, 0.15) is 18.2 Å². The van der Waals surface area contributed by atoms with Gasteiger partial charge in [-0.15, -0.1) is 0 Å². The second kappa shape index (κ2) is 4.69. The topological polar surface area (TPSA) is 48.1 Å². The summed E-state index contributed by atoms with van der Waals surface area (Å²) in [6.45, 7) is 0.533. The molecule has 2 aromatic rings. The van der Waals surface area contributed by atoms with E-state index in [1.54, 1.807) is 6.20 Å². The molecular weight excluding hydrogens is 224 g/mol. The number of aromatic nitrogens is 1. The fourth-order valence-electron chi connectivity index (χ4n) is 2.39. The largest absolute Gasteiger partial charge is 0.489 e. The Morgan fingerprint density at radius 3 is 2.89 bits per heavy atom. The summed E-state index contributed by atoms with van der Waals surface area (Å²) in [5.74, 6) is 1.47. The smallest absolute Gasteiger partial charge is 0.123 e. The number of ether oxygens (including phenoxy) is 1. The van der Waals surface area contributed by atoms with Crippen molar-refractivity contribution in [1.82, 2.24) is 4.98 Å². The van der Waals surface area contributed by atoms with E-state index in [1.165, 1.54) is 30.4 Å². The van der Waals surface area contributed by atoms with Crippen molar-refractivity contribution in [1.29, 1.82) is 0 Å². The molecule has 0 unspecified atom stereocenters. The van der Waals surface area contributed by atoms with Crippen molar-refractivity contribution >= 4 is 5.82 Å². The molecule has 1 heterocycles. The number of benzene rings is 1. The van der Waals surface area contributed by atoms with Crippen LogP contribution in [0.15, 0.2) is 36.5 Å². The second-order valence-electron chi connectivity index (χ2n) is 4.66. The van der Waals surface area contributed by atoms with E-state index in [-0.39, 0.29) is 0 Å². The molecule has 0 aliphatic heterocycles. The first-order valence-corrected chi connectivity index (χ1v) is 6.26. The third-order valence-corrected chi connectivity index (χ3v) is 3.32. The summed E-state index contributed by atoms with van der Waals surface area (Å²) >= 11 is 0. The minimum Gasteiger partial charge on any atom is -0.489 e. The zero-order chi connectivity index (χ0) is 12.4. The van der Waals surface area contributed by atoms with Gasteiger partial charge in [-0.1, -0.05) is 6.07 Å². The summed E-state index contributed by atoms with van der Waals surface area (Å²) in [5, 5.41) is 0. The lowest BCUT2D eigenvalue weighted by Crippen LogP contribution is -1.98. The maximum atomic E-state index is 5.79. The lowest BCUT2D eigenvalue weighted by molar-refractivity contribution is 0.306. The zero-order valence-corrected chi connectivity index (χ0v) is 10.2. The second-order valence-corrected chi connectivity index (χ2v) is 4.66. The number of pyridine rings is 1. The first-order chi connectivity index (χ1) is 8.81. The molecule has 0 spiro atoms. The van der Waals surface area contributed by atoms with Crippen molar-refractivity contribution in [2.45, 2.75) is 25.9 Å². The molecule has 1 aromatic carbocycles. The van der Waals surface area contributed by atoms with Crippen molar-refractivity contribution < 1.29 is 4.74 Å². The molecule has 92 valence electrons. The average Bonchev–Trinajstić information content (AvgIpc) is 2.84. The van der Waals surface area contributed by atoms with Gasteiger partial charge in [-0.05, 0) is 60.2 Å². The van der Waals surface area contributed by atoms with Crippen LogP contribution >= 0.6 is 0 Å². The molecule has 0 amide bonds. The Morgan fingerprint density at radius 2 is 2.00 bits per heavy atom. The van der Waals surface area contributed by atoms with E-state index >= 15 is 0 Å². The van der Waals surface area contributed by atoms with E-state index in [9.17, 15) is 0 Å². The van der Waals surface area contributed by atoms with Crippen molar-refractivity contribution in [3.63, 3.8) is 0 Å². The Kier molecular flexibility index (Phi) is 2.89. The molecular formula is C15H16N2O. The standard InChI is InChI=1S/C15H16N2O/c16-15-8-11(6-7-17-15)10-18-14-5-4-12-2-1-3-13(12)9-14/h4-9H,1-3,10H2,(H2,16,17). The van der Waals surface area contributed by atoms with Crippen LogP contribution in [0.2, 0.25) is 0 Å². The number of hydrogen-bond acceptors (Lipinski definition) is 3. The fraction of sp³-hybridized carbons (Fsp3) is 0.267. The molecule has 0 radical (unpaired) electrons. The number of rotatable bonds is 3. The highest BCUT2D eigenvalue weighted by Gasteiger charge is 2.11. The highest BCUT2D eigenvalue weighted by molar-refractivity contribution is 5.38. The first-order valence-electron chi connectivity index (χ1n) is 6.26. The van der Waals surface area contributed by atoms with Gasteiger partial charge in [0.05, 0.1) is 0 Å². The summed E-state index contributed by atoms with van der Waals surface area (Å²) in [6, 6.07) is 10.2. The summed E-state index contributed by atoms with van der Waals surface area (Å²) < 4.78 is 5.79. The van der Waals surface area contributed by atoms with Crippen LogP contribution in [0, 0.1) is 0 Å². The predicted molar refractivity (Wildman–Crippen MR) is 71.4 cm³/mol. The maximum Gasteiger partial charge on any atom is 0.123 e. The Balaban J connectivity index is 1.70. The number of nitrogens with zero attached hydrogens (tertiary/aromatic N) is 1. The summed E-state index contributed by atoms with van der Waals surface area (Å²) in [6.07, 6.45) is 5.35. The molecule has 0 atom stereocenters. The number of fused-ring (bicyclic) bond motifs is 1. The van der Waals surface area contributed by atoms with Crippen LogP contribution in [-0.4, -0.2) is 4.98 Å². The van der Waals surface area contributed by atoms with Gasteiger partial charge >= 0.3 is 0 Å². The van der Waals surface area contributed by atoms with Gasteiger partial charge in [-0.2, -0.15) is 0 Å². The highest BCUT2D eigenvalue weighted by Crippen LogP contribution is 2.26. The zero-order valence-electron chi connectivity index (χ0n) is 10.2. The number of aryl methyl sites for hydroxylation is 2. The molecule has 18 heavy (non-hydrogen) atoms. The van der Waals surface area contributed by atoms with E-state index in [4.69, 9.17) is 10.5 Å². The summed E-state index contributed by atoms with van der Waals surface area (Å²) in [4.78, 5) is 3.96. The molecule has 3 nitrogen and oxygen atoms in total. The van der Waals surface area contributed by atoms with Crippen LogP contribution in [0.4, 0.5) is 5.82 Å². The van der Waals surface area contributed by atoms with Gasteiger partial charge in [-0.3, -0.25) is 0 Å². The molecule has 1 aliphatic rings. The van der Waals surface area contributed by atoms with Crippen LogP contribution in [-0.2, 0) is 19.4 Å². The molecule has 2 N–H and O–H groups in total. The molecule has 0 saturated heterocycles. The van der Waals surface area contributed by atoms with Gasteiger partial charge in [0.2, 0.25) is 0 Å². The Hall–Kier alpha value is -2.03. The lowest BCUT2D eigenvalue weighted by atomic mass is 10.1. The van der Waals surface area contributed by atoms with Crippen LogP contribution < -0.4 is 10.5 Å². The SMILES string of the molecule is Nc1cc(COc2ccc3c(c2)CCC3)ccn1. The molecule has 0 bridgehead atoms. The van der Waals surface area contributed by atoms with E-state index in [1.807, 2.05) is 12.1 Å². The Bertz CT molecular complexity index is 566. The first kappa shape index (κ1) is 11.1. The van der Waals surface area contributed by atoms with Gasteiger partial charge in [0, 0.05) is 6.20 Å². The third-order valence-electron chi connectivity index (χ3n) is 3.32. The highest BCUT2D eigenvalue weighted by atomic mass is 16.5. The number of nitrogen functional groups attached to an aromatic ring is 1. The Labute approximate surface area is 107 Å². The van der Waals surface area contributed by atoms with Crippen LogP contribution in [0.3, 0.4) is 0 Å². The fourth-order valence-corrected chi connectivity index (χ4v) is 2.39. The van der Waals surface area contributed by atoms with E-state index in [2.05, 4.69) is 23.2 Å². The quantitative estimate of drug-likeness (QED) is 0.897. The van der Waals surface area contributed by atoms with E-state index in [0.717, 1.165) is 11.3 Å². The maximum absolute atomic E-state index is 5.79. The molecule has 1 aromatic heterocycles. The number of nitrogens with two attached hydrogens (primary N) is 1. The van der Waals surface area contributed by atoms with Gasteiger partial charge in [0.25, 0.3) is 0 Å². The molecule has 3 heteroatoms. The number of anilines is 1. The Morgan fingerprint density at radius 1 is 1.11 bits per heavy atom. The van der Waals surface area contributed by atoms with Crippen LogP contribution in [0.1, 0.15) is 23.1 Å². The minimum atomic E-state index is 0.532. The summed E-state index contributed by atoms with van der Waals surface area (Å²) in [5.41, 5.74) is 9.58. The van der Waals surface area contributed by atoms with Crippen LogP contribution in [0.5, 0.6) is 5.75 Å². The normalized spacial score (nSPS) is 13.3. The van der Waals surface area contributed by atoms with E-state index in [0.29, 0.717) is 12.4 Å². The molecule has 1 aliphatic carbocycles. The van der Waals surface area contributed by atoms with Crippen molar-refractivity contribution in [3.8, 4) is 5.75 Å². The molecule has 0 fully saturated rings. The van der Waals surface area contributed by atoms with Crippen molar-refractivity contribution in [3.05, 3.63) is 53.2 Å². The van der Waals surface area contributed by atoms with Gasteiger partial charge < -0.3 is 10.5 Å². The summed E-state index contributed by atoms with van der Waals surface area (Å²) in [7, 11) is 0. The van der Waals surface area contributed by atoms with Crippen molar-refractivity contribution in [2.24, 2.45) is 0 Å². The molecule has 3 rings (SSSR count). The third kappa shape index (κ3) is 2.30. The monoisotopic (exact) mass is 240 g/mol. The van der Waals surface area contributed by atoms with Crippen LogP contribution in [0.25, 0.3) is 0 Å². The average molecular weight is 240 g/mol. The van der Waals surface area contributed by atoms with E-state index < -0.39 is 0 Å². The van der Waals surface area contributed by atoms with Gasteiger partial charge in [0.15, 0.2) is 0 Å². The predicted octanol–water partition coefficient (Wildman–Crippen LogP) is 2.73. The van der Waals surface area contributed by atoms with Gasteiger partial charge in [-0.25, -0.2) is 4.98 Å². The number of hydrogen-bond donors (Lipinski definition) is 1. The lowest BCUT2D eigenvalue weighted by Gasteiger charge is -2.08. The molecule has 0 saturated carbocycles.